The monoisotopic (exact) mass is 334 g/mol. The first kappa shape index (κ1) is 15.7. The summed E-state index contributed by atoms with van der Waals surface area (Å²) in [5.74, 6) is 0. The normalized spacial score (nSPS) is 3.17. The van der Waals surface area contributed by atoms with Gasteiger partial charge in [-0.3, -0.25) is 0 Å². The van der Waals surface area contributed by atoms with Gasteiger partial charge in [-0.2, -0.15) is 13.8 Å². The second-order valence-electron chi connectivity index (χ2n) is 0. The Morgan fingerprint density at radius 1 is 1.00 bits per heavy atom. The van der Waals surface area contributed by atoms with Crippen molar-refractivity contribution in [2.24, 2.45) is 0 Å². The van der Waals surface area contributed by atoms with Crippen LogP contribution in [0.15, 0.2) is 0 Å². The second kappa shape index (κ2) is 114. The SMILES string of the molecule is [Br][Au].[CH2-]C.[CH2-]C. The summed E-state index contributed by atoms with van der Waals surface area (Å²) in [4.78, 5) is 0. The third-order valence-electron chi connectivity index (χ3n) is 0. The van der Waals surface area contributed by atoms with Crippen molar-refractivity contribution in [2.75, 3.05) is 0 Å². The molecule has 46 valence electrons. The summed E-state index contributed by atoms with van der Waals surface area (Å²) in [5, 5.41) is 0. The van der Waals surface area contributed by atoms with Gasteiger partial charge in [0.25, 0.3) is 0 Å². The standard InChI is InChI=1S/2C2H5.Au.BrH/c2*1-2;;/h2*1H2,2H3;;1H/q2*-1;+1;/p-1. The Kier molecular flexibility index (Phi) is 298. The molecule has 0 bridgehead atoms. The van der Waals surface area contributed by atoms with Crippen LogP contribution >= 0.6 is 13.0 Å². The molecule has 0 aromatic rings. The minimum Gasteiger partial charge on any atom is -0.346 e. The van der Waals surface area contributed by atoms with Crippen LogP contribution in [0, 0.1) is 13.8 Å². The molecule has 0 aliphatic rings. The van der Waals surface area contributed by atoms with E-state index in [-0.39, 0.29) is 0 Å². The van der Waals surface area contributed by atoms with Gasteiger partial charge in [-0.05, 0) is 0 Å². The minimum absolute atomic E-state index is 1.75. The first-order valence-electron chi connectivity index (χ1n) is 1.53. The Bertz CT molecular complexity index is 7.51. The summed E-state index contributed by atoms with van der Waals surface area (Å²) < 4.78 is 0. The van der Waals surface area contributed by atoms with Gasteiger partial charge in [-0.25, -0.2) is 0 Å². The summed E-state index contributed by atoms with van der Waals surface area (Å²) in [6.07, 6.45) is 0. The smallest absolute Gasteiger partial charge is 0.194 e. The van der Waals surface area contributed by atoms with Crippen LogP contribution in [-0.2, 0) is 18.9 Å². The van der Waals surface area contributed by atoms with E-state index in [0.717, 1.165) is 0 Å². The van der Waals surface area contributed by atoms with Crippen molar-refractivity contribution in [3.8, 4) is 0 Å². The van der Waals surface area contributed by atoms with Crippen molar-refractivity contribution >= 4 is 13.0 Å². The average Bonchev–Trinajstić information content (AvgIpc) is 1.81. The molecule has 2 heteroatoms. The second-order valence-corrected chi connectivity index (χ2v) is 0. The predicted octanol–water partition coefficient (Wildman–Crippen LogP) is 2.52. The molecule has 0 aromatic heterocycles. The van der Waals surface area contributed by atoms with Gasteiger partial charge in [0.2, 0.25) is 0 Å². The number of hydrogen-bond donors (Lipinski definition) is 0. The van der Waals surface area contributed by atoms with Gasteiger partial charge in [-0.15, -0.1) is 0 Å². The van der Waals surface area contributed by atoms with E-state index in [1.165, 1.54) is 0 Å². The Hall–Kier alpha value is 1.22. The van der Waals surface area contributed by atoms with Crippen LogP contribution in [0.5, 0.6) is 0 Å². The Balaban J connectivity index is -0.0000000225. The van der Waals surface area contributed by atoms with E-state index in [9.17, 15) is 0 Å². The van der Waals surface area contributed by atoms with E-state index in [0.29, 0.717) is 0 Å². The van der Waals surface area contributed by atoms with Crippen LogP contribution in [0.4, 0.5) is 0 Å². The maximum Gasteiger partial charge on any atom is -0.194 e. The molecule has 0 saturated carbocycles. The Morgan fingerprint density at radius 3 is 1.00 bits per heavy atom. The molecule has 0 aliphatic heterocycles. The topological polar surface area (TPSA) is 0 Å². The average molecular weight is 335 g/mol. The van der Waals surface area contributed by atoms with Crippen LogP contribution in [0.1, 0.15) is 13.8 Å². The van der Waals surface area contributed by atoms with Gasteiger partial charge in [0, 0.05) is 0 Å². The molecule has 0 aromatic carbocycles. The van der Waals surface area contributed by atoms with Crippen LogP contribution in [0.2, 0.25) is 0 Å². The summed E-state index contributed by atoms with van der Waals surface area (Å²) in [6.45, 7) is 10.0. The molecule has 0 rings (SSSR count). The quantitative estimate of drug-likeness (QED) is 0.472. The largest absolute Gasteiger partial charge is 0.346 e. The van der Waals surface area contributed by atoms with Crippen molar-refractivity contribution in [2.45, 2.75) is 13.8 Å². The number of hydrogen-bond acceptors (Lipinski definition) is 0. The fourth-order valence-electron chi connectivity index (χ4n) is 0. The molecule has 0 nitrogen and oxygen atoms in total. The molecule has 0 amide bonds. The van der Waals surface area contributed by atoms with E-state index in [2.05, 4.69) is 45.8 Å². The van der Waals surface area contributed by atoms with Gasteiger partial charge in [0.1, 0.15) is 0 Å². The number of halogens is 1. The summed E-state index contributed by atoms with van der Waals surface area (Å²) >= 11 is 4.97. The van der Waals surface area contributed by atoms with E-state index < -0.39 is 0 Å². The van der Waals surface area contributed by atoms with Crippen molar-refractivity contribution < 1.29 is 18.9 Å². The van der Waals surface area contributed by atoms with Crippen LogP contribution < -0.4 is 0 Å². The van der Waals surface area contributed by atoms with E-state index in [4.69, 9.17) is 0 Å². The predicted molar refractivity (Wildman–Crippen MR) is 31.0 cm³/mol. The zero-order valence-electron chi connectivity index (χ0n) is 4.09. The molecule has 0 unspecified atom stereocenters. The van der Waals surface area contributed by atoms with Gasteiger partial charge in [0.15, 0.2) is 0 Å². The fraction of sp³-hybridized carbons (Fsp3) is 0.500. The third-order valence-corrected chi connectivity index (χ3v) is 0. The number of rotatable bonds is 0. The van der Waals surface area contributed by atoms with Crippen molar-refractivity contribution in [1.29, 1.82) is 0 Å². The Labute approximate surface area is 59.6 Å². The fourth-order valence-corrected chi connectivity index (χ4v) is 0. The molecular weight excluding hydrogens is 325 g/mol. The molecule has 6 heavy (non-hydrogen) atoms. The molecule has 0 radical (unpaired) electrons. The minimum atomic E-state index is 1.75. The molecular formula is C4H10AuBr-2. The van der Waals surface area contributed by atoms with Crippen molar-refractivity contribution in [1.82, 2.24) is 0 Å². The van der Waals surface area contributed by atoms with Crippen molar-refractivity contribution in [3.63, 3.8) is 0 Å². The zero-order valence-corrected chi connectivity index (χ0v) is 7.85. The zero-order chi connectivity index (χ0) is 6.00. The summed E-state index contributed by atoms with van der Waals surface area (Å²) in [6, 6.07) is 0. The molecule has 0 atom stereocenters. The maximum absolute atomic E-state index is 3.25. The molecule has 0 N–H and O–H groups in total. The third kappa shape index (κ3) is 62.4. The van der Waals surface area contributed by atoms with Crippen molar-refractivity contribution in [3.05, 3.63) is 13.8 Å². The Morgan fingerprint density at radius 2 is 1.00 bits per heavy atom. The van der Waals surface area contributed by atoms with Gasteiger partial charge < -0.3 is 13.8 Å². The van der Waals surface area contributed by atoms with Gasteiger partial charge in [-0.1, -0.05) is 0 Å². The molecule has 0 saturated heterocycles. The van der Waals surface area contributed by atoms with E-state index >= 15 is 0 Å². The summed E-state index contributed by atoms with van der Waals surface area (Å²) in [5.41, 5.74) is 0. The van der Waals surface area contributed by atoms with Crippen LogP contribution in [-0.4, -0.2) is 0 Å². The molecule has 0 fully saturated rings. The first-order valence-corrected chi connectivity index (χ1v) is 6.26. The summed E-state index contributed by atoms with van der Waals surface area (Å²) in [7, 11) is 0. The van der Waals surface area contributed by atoms with E-state index in [1.54, 1.807) is 13.8 Å². The van der Waals surface area contributed by atoms with E-state index in [1.807, 2.05) is 0 Å². The maximum atomic E-state index is 3.25. The molecule has 0 heterocycles. The van der Waals surface area contributed by atoms with Crippen LogP contribution in [0.3, 0.4) is 0 Å². The van der Waals surface area contributed by atoms with Gasteiger partial charge >= 0.3 is 32.0 Å². The molecule has 0 aliphatic carbocycles. The molecule has 0 spiro atoms. The van der Waals surface area contributed by atoms with Crippen LogP contribution in [0.25, 0.3) is 0 Å². The first-order chi connectivity index (χ1) is 3.00. The van der Waals surface area contributed by atoms with Gasteiger partial charge in [0.05, 0.1) is 0 Å².